The van der Waals surface area contributed by atoms with Gasteiger partial charge in [-0.05, 0) is 26.0 Å². The summed E-state index contributed by atoms with van der Waals surface area (Å²) in [7, 11) is 0. The first-order valence-corrected chi connectivity index (χ1v) is 5.82. The highest BCUT2D eigenvalue weighted by atomic mass is 19.1. The van der Waals surface area contributed by atoms with Crippen molar-refractivity contribution in [2.45, 2.75) is 19.9 Å². The van der Waals surface area contributed by atoms with Crippen LogP contribution in [0.25, 0.3) is 0 Å². The number of ketones is 1. The van der Waals surface area contributed by atoms with Crippen LogP contribution >= 0.6 is 0 Å². The minimum absolute atomic E-state index is 0.0911. The molecule has 19 heavy (non-hydrogen) atoms. The minimum Gasteiger partial charge on any atom is -0.369 e. The lowest BCUT2D eigenvalue weighted by atomic mass is 10.1. The topological polar surface area (TPSA) is 63.4 Å². The van der Waals surface area contributed by atoms with Crippen LogP contribution in [0.15, 0.2) is 18.2 Å². The monoisotopic (exact) mass is 270 g/mol. The molecule has 1 amide bonds. The fraction of sp³-hybridized carbons (Fsp3) is 0.385. The molecular formula is C13H16F2N2O2. The van der Waals surface area contributed by atoms with Gasteiger partial charge in [0.2, 0.25) is 5.91 Å². The minimum atomic E-state index is -0.909. The van der Waals surface area contributed by atoms with E-state index in [2.05, 4.69) is 0 Å². The standard InChI is InChI=1S/C13H16F2N2O2/c1-8(2)17(7-13(16)19)6-12(18)10-4-3-9(14)5-11(10)15/h3-5,8H,6-7H2,1-2H3,(H2,16,19). The lowest BCUT2D eigenvalue weighted by Crippen LogP contribution is -2.41. The van der Waals surface area contributed by atoms with Crippen molar-refractivity contribution in [2.24, 2.45) is 5.73 Å². The van der Waals surface area contributed by atoms with Crippen molar-refractivity contribution < 1.29 is 18.4 Å². The van der Waals surface area contributed by atoms with E-state index in [1.807, 2.05) is 0 Å². The second-order valence-electron chi connectivity index (χ2n) is 4.51. The van der Waals surface area contributed by atoms with Gasteiger partial charge in [-0.15, -0.1) is 0 Å². The second kappa shape index (κ2) is 6.38. The Bertz CT molecular complexity index is 490. The van der Waals surface area contributed by atoms with Crippen LogP contribution in [-0.2, 0) is 4.79 Å². The zero-order valence-corrected chi connectivity index (χ0v) is 10.8. The predicted molar refractivity (Wildman–Crippen MR) is 66.6 cm³/mol. The number of nitrogens with two attached hydrogens (primary N) is 1. The van der Waals surface area contributed by atoms with Crippen LogP contribution in [0.5, 0.6) is 0 Å². The van der Waals surface area contributed by atoms with E-state index in [1.54, 1.807) is 13.8 Å². The van der Waals surface area contributed by atoms with Gasteiger partial charge < -0.3 is 5.73 Å². The summed E-state index contributed by atoms with van der Waals surface area (Å²) in [5, 5.41) is 0. The summed E-state index contributed by atoms with van der Waals surface area (Å²) in [6.45, 7) is 3.34. The molecule has 0 radical (unpaired) electrons. The van der Waals surface area contributed by atoms with Crippen molar-refractivity contribution in [1.82, 2.24) is 4.90 Å². The second-order valence-corrected chi connectivity index (χ2v) is 4.51. The molecule has 0 heterocycles. The van der Waals surface area contributed by atoms with Crippen molar-refractivity contribution in [3.05, 3.63) is 35.4 Å². The SMILES string of the molecule is CC(C)N(CC(N)=O)CC(=O)c1ccc(F)cc1F. The lowest BCUT2D eigenvalue weighted by Gasteiger charge is -2.24. The maximum absolute atomic E-state index is 13.4. The third kappa shape index (κ3) is 4.40. The largest absolute Gasteiger partial charge is 0.369 e. The number of amides is 1. The number of benzene rings is 1. The predicted octanol–water partition coefficient (Wildman–Crippen LogP) is 1.34. The summed E-state index contributed by atoms with van der Waals surface area (Å²) < 4.78 is 26.2. The number of Topliss-reactive ketones (excluding diaryl/α,β-unsaturated/α-hetero) is 1. The fourth-order valence-corrected chi connectivity index (χ4v) is 1.61. The Morgan fingerprint density at radius 1 is 1.26 bits per heavy atom. The molecule has 0 aliphatic heterocycles. The highest BCUT2D eigenvalue weighted by Crippen LogP contribution is 2.11. The smallest absolute Gasteiger partial charge is 0.231 e. The first kappa shape index (κ1) is 15.2. The maximum Gasteiger partial charge on any atom is 0.231 e. The van der Waals surface area contributed by atoms with E-state index in [0.29, 0.717) is 6.07 Å². The molecule has 2 N–H and O–H groups in total. The van der Waals surface area contributed by atoms with Crippen molar-refractivity contribution in [3.8, 4) is 0 Å². The number of halogens is 2. The summed E-state index contributed by atoms with van der Waals surface area (Å²) in [6.07, 6.45) is 0. The van der Waals surface area contributed by atoms with E-state index in [4.69, 9.17) is 5.73 Å². The number of carbonyl (C=O) groups is 2. The molecular weight excluding hydrogens is 254 g/mol. The third-order valence-electron chi connectivity index (χ3n) is 2.67. The van der Waals surface area contributed by atoms with Gasteiger partial charge >= 0.3 is 0 Å². The van der Waals surface area contributed by atoms with Crippen molar-refractivity contribution in [3.63, 3.8) is 0 Å². The van der Waals surface area contributed by atoms with Gasteiger partial charge in [0, 0.05) is 12.1 Å². The zero-order valence-electron chi connectivity index (χ0n) is 10.8. The van der Waals surface area contributed by atoms with Gasteiger partial charge in [-0.1, -0.05) is 0 Å². The number of hydrogen-bond acceptors (Lipinski definition) is 3. The highest BCUT2D eigenvalue weighted by molar-refractivity contribution is 5.98. The van der Waals surface area contributed by atoms with E-state index >= 15 is 0 Å². The molecule has 1 rings (SSSR count). The molecule has 1 aromatic rings. The van der Waals surface area contributed by atoms with E-state index in [9.17, 15) is 18.4 Å². The summed E-state index contributed by atoms with van der Waals surface area (Å²) in [5.41, 5.74) is 4.88. The average Bonchev–Trinajstić information content (AvgIpc) is 2.26. The van der Waals surface area contributed by atoms with E-state index in [1.165, 1.54) is 4.90 Å². The molecule has 4 nitrogen and oxygen atoms in total. The van der Waals surface area contributed by atoms with Gasteiger partial charge in [0.25, 0.3) is 0 Å². The number of nitrogens with zero attached hydrogens (tertiary/aromatic N) is 1. The number of rotatable bonds is 6. The molecule has 0 aliphatic rings. The first-order valence-electron chi connectivity index (χ1n) is 5.82. The number of hydrogen-bond donors (Lipinski definition) is 1. The van der Waals surface area contributed by atoms with Crippen molar-refractivity contribution in [2.75, 3.05) is 13.1 Å². The van der Waals surface area contributed by atoms with Crippen LogP contribution in [0.3, 0.4) is 0 Å². The Kier molecular flexibility index (Phi) is 5.11. The first-order chi connectivity index (χ1) is 8.81. The zero-order chi connectivity index (χ0) is 14.6. The number of primary amides is 1. The average molecular weight is 270 g/mol. The van der Waals surface area contributed by atoms with Crippen LogP contribution in [0, 0.1) is 11.6 Å². The van der Waals surface area contributed by atoms with Crippen LogP contribution in [0.2, 0.25) is 0 Å². The van der Waals surface area contributed by atoms with Gasteiger partial charge in [0.05, 0.1) is 18.7 Å². The maximum atomic E-state index is 13.4. The molecule has 0 fully saturated rings. The quantitative estimate of drug-likeness (QED) is 0.793. The Hall–Kier alpha value is -1.82. The van der Waals surface area contributed by atoms with E-state index < -0.39 is 23.3 Å². The van der Waals surface area contributed by atoms with Crippen LogP contribution < -0.4 is 5.73 Å². The van der Waals surface area contributed by atoms with Crippen molar-refractivity contribution in [1.29, 1.82) is 0 Å². The molecule has 104 valence electrons. The highest BCUT2D eigenvalue weighted by Gasteiger charge is 2.19. The molecule has 0 atom stereocenters. The normalized spacial score (nSPS) is 11.1. The molecule has 0 saturated heterocycles. The fourth-order valence-electron chi connectivity index (χ4n) is 1.61. The van der Waals surface area contributed by atoms with Crippen molar-refractivity contribution >= 4 is 11.7 Å². The van der Waals surface area contributed by atoms with Crippen LogP contribution in [0.1, 0.15) is 24.2 Å². The number of carbonyl (C=O) groups excluding carboxylic acids is 2. The molecule has 0 aromatic heterocycles. The summed E-state index contributed by atoms with van der Waals surface area (Å²) in [6, 6.07) is 2.67. The van der Waals surface area contributed by atoms with E-state index in [0.717, 1.165) is 12.1 Å². The Labute approximate surface area is 110 Å². The lowest BCUT2D eigenvalue weighted by molar-refractivity contribution is -0.119. The van der Waals surface area contributed by atoms with Crippen LogP contribution in [-0.4, -0.2) is 35.7 Å². The molecule has 0 saturated carbocycles. The Morgan fingerprint density at radius 3 is 2.37 bits per heavy atom. The van der Waals surface area contributed by atoms with Gasteiger partial charge in [0.15, 0.2) is 5.78 Å². The molecule has 0 aliphatic carbocycles. The van der Waals surface area contributed by atoms with Gasteiger partial charge in [-0.2, -0.15) is 0 Å². The van der Waals surface area contributed by atoms with E-state index in [-0.39, 0.29) is 24.7 Å². The molecule has 0 bridgehead atoms. The molecule has 1 aromatic carbocycles. The molecule has 6 heteroatoms. The summed E-state index contributed by atoms with van der Waals surface area (Å²) in [5.74, 6) is -2.74. The summed E-state index contributed by atoms with van der Waals surface area (Å²) in [4.78, 5) is 24.3. The van der Waals surface area contributed by atoms with Gasteiger partial charge in [-0.25, -0.2) is 8.78 Å². The molecule has 0 unspecified atom stereocenters. The Morgan fingerprint density at radius 2 is 1.89 bits per heavy atom. The third-order valence-corrected chi connectivity index (χ3v) is 2.67. The Balaban J connectivity index is 2.84. The van der Waals surface area contributed by atoms with Crippen LogP contribution in [0.4, 0.5) is 8.78 Å². The van der Waals surface area contributed by atoms with Gasteiger partial charge in [-0.3, -0.25) is 14.5 Å². The summed E-state index contributed by atoms with van der Waals surface area (Å²) >= 11 is 0. The van der Waals surface area contributed by atoms with Gasteiger partial charge in [0.1, 0.15) is 11.6 Å². The molecule has 0 spiro atoms.